The Kier molecular flexibility index (Phi) is 2.39. The van der Waals surface area contributed by atoms with E-state index in [2.05, 4.69) is 0 Å². The lowest BCUT2D eigenvalue weighted by atomic mass is 10.1. The Morgan fingerprint density at radius 2 is 1.63 bits per heavy atom. The van der Waals surface area contributed by atoms with Gasteiger partial charge in [-0.1, -0.05) is 17.7 Å². The third-order valence-corrected chi connectivity index (χ3v) is 3.49. The third kappa shape index (κ3) is 1.79. The van der Waals surface area contributed by atoms with Crippen LogP contribution in [-0.2, 0) is 13.2 Å². The normalized spacial score (nSPS) is 12.5. The fourth-order valence-electron chi connectivity index (χ4n) is 2.50. The van der Waals surface area contributed by atoms with Crippen molar-refractivity contribution < 1.29 is 13.2 Å². The van der Waals surface area contributed by atoms with Crippen molar-refractivity contribution in [3.63, 3.8) is 0 Å². The summed E-state index contributed by atoms with van der Waals surface area (Å²) in [6, 6.07) is 9.82. The molecule has 0 atom stereocenters. The number of benzene rings is 2. The maximum atomic E-state index is 12.8. The summed E-state index contributed by atoms with van der Waals surface area (Å²) >= 11 is 0. The lowest BCUT2D eigenvalue weighted by Crippen LogP contribution is -2.04. The molecule has 0 N–H and O–H groups in total. The van der Waals surface area contributed by atoms with Gasteiger partial charge >= 0.3 is 6.18 Å². The predicted octanol–water partition coefficient (Wildman–Crippen LogP) is 4.66. The SMILES string of the molecule is Cc1ccc2c(c1)c1ccc(C(F)(F)F)cc1n2C. The molecule has 0 saturated heterocycles. The third-order valence-electron chi connectivity index (χ3n) is 3.49. The molecule has 3 aromatic rings. The van der Waals surface area contributed by atoms with Crippen molar-refractivity contribution in [2.75, 3.05) is 0 Å². The highest BCUT2D eigenvalue weighted by Gasteiger charge is 2.30. The molecule has 0 amide bonds. The van der Waals surface area contributed by atoms with Gasteiger partial charge in [0, 0.05) is 28.9 Å². The monoisotopic (exact) mass is 263 g/mol. The molecule has 1 nitrogen and oxygen atoms in total. The molecule has 19 heavy (non-hydrogen) atoms. The molecule has 0 unspecified atom stereocenters. The van der Waals surface area contributed by atoms with E-state index >= 15 is 0 Å². The number of rotatable bonds is 0. The average Bonchev–Trinajstić information content (AvgIpc) is 2.61. The lowest BCUT2D eigenvalue weighted by molar-refractivity contribution is -0.137. The molecule has 4 heteroatoms. The molecule has 0 saturated carbocycles. The number of aromatic nitrogens is 1. The number of nitrogens with zero attached hydrogens (tertiary/aromatic N) is 1. The highest BCUT2D eigenvalue weighted by Crippen LogP contribution is 2.35. The first-order valence-corrected chi connectivity index (χ1v) is 5.94. The molecule has 0 bridgehead atoms. The van der Waals surface area contributed by atoms with E-state index < -0.39 is 11.7 Å². The Bertz CT molecular complexity index is 781. The second-order valence-electron chi connectivity index (χ2n) is 4.81. The zero-order valence-corrected chi connectivity index (χ0v) is 10.5. The fourth-order valence-corrected chi connectivity index (χ4v) is 2.50. The van der Waals surface area contributed by atoms with Crippen LogP contribution in [-0.4, -0.2) is 4.57 Å². The molecule has 1 heterocycles. The number of alkyl halides is 3. The molecule has 2 aromatic carbocycles. The predicted molar refractivity (Wildman–Crippen MR) is 70.2 cm³/mol. The van der Waals surface area contributed by atoms with Crippen LogP contribution in [0.3, 0.4) is 0 Å². The first kappa shape index (κ1) is 12.1. The lowest BCUT2D eigenvalue weighted by Gasteiger charge is -2.06. The zero-order valence-electron chi connectivity index (χ0n) is 10.5. The standard InChI is InChI=1S/C15H12F3N/c1-9-3-6-13-12(7-9)11-5-4-10(15(16,17)18)8-14(11)19(13)2/h3-8H,1-2H3. The summed E-state index contributed by atoms with van der Waals surface area (Å²) < 4.78 is 40.1. The van der Waals surface area contributed by atoms with Crippen LogP contribution in [0.4, 0.5) is 13.2 Å². The summed E-state index contributed by atoms with van der Waals surface area (Å²) in [5, 5.41) is 1.85. The summed E-state index contributed by atoms with van der Waals surface area (Å²) in [6.45, 7) is 1.97. The van der Waals surface area contributed by atoms with Crippen LogP contribution < -0.4 is 0 Å². The van der Waals surface area contributed by atoms with Crippen molar-refractivity contribution in [3.05, 3.63) is 47.5 Å². The van der Waals surface area contributed by atoms with Crippen molar-refractivity contribution in [1.29, 1.82) is 0 Å². The molecule has 0 spiro atoms. The van der Waals surface area contributed by atoms with Crippen LogP contribution in [0.1, 0.15) is 11.1 Å². The minimum absolute atomic E-state index is 0.607. The van der Waals surface area contributed by atoms with Crippen molar-refractivity contribution in [1.82, 2.24) is 4.57 Å². The second kappa shape index (κ2) is 3.76. The second-order valence-corrected chi connectivity index (χ2v) is 4.81. The van der Waals surface area contributed by atoms with Crippen LogP contribution in [0.5, 0.6) is 0 Å². The Morgan fingerprint density at radius 3 is 2.32 bits per heavy atom. The summed E-state index contributed by atoms with van der Waals surface area (Å²) in [6.07, 6.45) is -4.30. The molecular formula is C15H12F3N. The number of fused-ring (bicyclic) bond motifs is 3. The largest absolute Gasteiger partial charge is 0.416 e. The number of hydrogen-bond donors (Lipinski definition) is 0. The molecule has 98 valence electrons. The number of aryl methyl sites for hydroxylation is 2. The fraction of sp³-hybridized carbons (Fsp3) is 0.200. The van der Waals surface area contributed by atoms with Gasteiger partial charge in [0.1, 0.15) is 0 Å². The summed E-state index contributed by atoms with van der Waals surface area (Å²) in [7, 11) is 1.79. The first-order chi connectivity index (χ1) is 8.88. The van der Waals surface area contributed by atoms with Gasteiger partial charge in [-0.3, -0.25) is 0 Å². The van der Waals surface area contributed by atoms with Crippen molar-refractivity contribution in [2.24, 2.45) is 7.05 Å². The first-order valence-electron chi connectivity index (χ1n) is 5.94. The number of hydrogen-bond acceptors (Lipinski definition) is 0. The van der Waals surface area contributed by atoms with Gasteiger partial charge in [-0.2, -0.15) is 13.2 Å². The molecular weight excluding hydrogens is 251 g/mol. The van der Waals surface area contributed by atoms with Gasteiger partial charge in [0.25, 0.3) is 0 Å². The van der Waals surface area contributed by atoms with Gasteiger partial charge in [-0.15, -0.1) is 0 Å². The molecule has 0 aliphatic heterocycles. The zero-order chi connectivity index (χ0) is 13.8. The maximum absolute atomic E-state index is 12.8. The van der Waals surface area contributed by atoms with Crippen LogP contribution in [0.2, 0.25) is 0 Å². The quantitative estimate of drug-likeness (QED) is 0.556. The van der Waals surface area contributed by atoms with Gasteiger partial charge in [-0.05, 0) is 31.2 Å². The molecule has 0 aliphatic rings. The Labute approximate surface area is 108 Å². The Balaban J connectivity index is 2.42. The van der Waals surface area contributed by atoms with Crippen molar-refractivity contribution >= 4 is 21.8 Å². The van der Waals surface area contributed by atoms with Crippen LogP contribution in [0, 0.1) is 6.92 Å². The van der Waals surface area contributed by atoms with E-state index in [1.165, 1.54) is 6.07 Å². The van der Waals surface area contributed by atoms with Crippen molar-refractivity contribution in [3.8, 4) is 0 Å². The van der Waals surface area contributed by atoms with E-state index in [4.69, 9.17) is 0 Å². The highest BCUT2D eigenvalue weighted by atomic mass is 19.4. The van der Waals surface area contributed by atoms with Crippen LogP contribution in [0.15, 0.2) is 36.4 Å². The van der Waals surface area contributed by atoms with Gasteiger partial charge < -0.3 is 4.57 Å². The van der Waals surface area contributed by atoms with Crippen molar-refractivity contribution in [2.45, 2.75) is 13.1 Å². The van der Waals surface area contributed by atoms with Crippen LogP contribution >= 0.6 is 0 Å². The van der Waals surface area contributed by atoms with Gasteiger partial charge in [0.15, 0.2) is 0 Å². The van der Waals surface area contributed by atoms with Crippen LogP contribution in [0.25, 0.3) is 21.8 Å². The average molecular weight is 263 g/mol. The number of halogens is 3. The minimum atomic E-state index is -4.30. The molecule has 0 fully saturated rings. The maximum Gasteiger partial charge on any atom is 0.416 e. The van der Waals surface area contributed by atoms with E-state index in [9.17, 15) is 13.2 Å². The van der Waals surface area contributed by atoms with E-state index in [1.54, 1.807) is 17.7 Å². The summed E-state index contributed by atoms with van der Waals surface area (Å²) in [4.78, 5) is 0. The molecule has 0 radical (unpaired) electrons. The topological polar surface area (TPSA) is 4.93 Å². The Morgan fingerprint density at radius 1 is 0.895 bits per heavy atom. The highest BCUT2D eigenvalue weighted by molar-refractivity contribution is 6.08. The Hall–Kier alpha value is -1.97. The summed E-state index contributed by atoms with van der Waals surface area (Å²) in [5.74, 6) is 0. The smallest absolute Gasteiger partial charge is 0.344 e. The van der Waals surface area contributed by atoms with Gasteiger partial charge in [-0.25, -0.2) is 0 Å². The van der Waals surface area contributed by atoms with Gasteiger partial charge in [0.2, 0.25) is 0 Å². The molecule has 0 aliphatic carbocycles. The van der Waals surface area contributed by atoms with Gasteiger partial charge in [0.05, 0.1) is 5.56 Å². The molecule has 3 rings (SSSR count). The molecule has 1 aromatic heterocycles. The van der Waals surface area contributed by atoms with E-state index in [0.29, 0.717) is 5.52 Å². The summed E-state index contributed by atoms with van der Waals surface area (Å²) in [5.41, 5.74) is 2.04. The van der Waals surface area contributed by atoms with E-state index in [0.717, 1.165) is 27.9 Å². The van der Waals surface area contributed by atoms with E-state index in [1.807, 2.05) is 25.1 Å². The minimum Gasteiger partial charge on any atom is -0.344 e. The van der Waals surface area contributed by atoms with E-state index in [-0.39, 0.29) is 0 Å².